The summed E-state index contributed by atoms with van der Waals surface area (Å²) in [7, 11) is 0. The number of piperidine rings is 1. The quantitative estimate of drug-likeness (QED) is 0.472. The molecular formula is C28H34N4O. The Morgan fingerprint density at radius 2 is 1.73 bits per heavy atom. The van der Waals surface area contributed by atoms with Crippen LogP contribution in [-0.2, 0) is 4.79 Å². The van der Waals surface area contributed by atoms with E-state index in [9.17, 15) is 4.79 Å². The zero-order valence-electron chi connectivity index (χ0n) is 19.9. The largest absolute Gasteiger partial charge is 0.357 e. The fourth-order valence-corrected chi connectivity index (χ4v) is 4.48. The first-order valence-electron chi connectivity index (χ1n) is 12.0. The Morgan fingerprint density at radius 3 is 2.36 bits per heavy atom. The first kappa shape index (κ1) is 23.0. The number of hydrogen-bond donors (Lipinski definition) is 1. The maximum Gasteiger partial charge on any atom is 0.231 e. The van der Waals surface area contributed by atoms with Gasteiger partial charge in [0.1, 0.15) is 5.82 Å². The van der Waals surface area contributed by atoms with Crippen LogP contribution in [0.3, 0.4) is 0 Å². The normalized spacial score (nSPS) is 14.8. The van der Waals surface area contributed by atoms with Crippen LogP contribution in [0.1, 0.15) is 56.7 Å². The molecule has 4 rings (SSSR count). The van der Waals surface area contributed by atoms with Crippen LogP contribution in [0.4, 0.5) is 11.5 Å². The van der Waals surface area contributed by atoms with Crippen molar-refractivity contribution in [1.82, 2.24) is 9.97 Å². The summed E-state index contributed by atoms with van der Waals surface area (Å²) in [6.45, 7) is 8.43. The molecule has 3 aromatic rings. The van der Waals surface area contributed by atoms with Gasteiger partial charge in [-0.2, -0.15) is 0 Å². The van der Waals surface area contributed by atoms with Gasteiger partial charge in [-0.15, -0.1) is 0 Å². The van der Waals surface area contributed by atoms with Gasteiger partial charge in [-0.05, 0) is 85.5 Å². The molecule has 0 radical (unpaired) electrons. The van der Waals surface area contributed by atoms with Gasteiger partial charge < -0.3 is 10.2 Å². The number of carbonyl (C=O) groups excluding carboxylic acids is 1. The van der Waals surface area contributed by atoms with E-state index in [1.807, 2.05) is 49.6 Å². The molecule has 1 atom stereocenters. The molecule has 1 aliphatic heterocycles. The van der Waals surface area contributed by atoms with Gasteiger partial charge in [-0.25, -0.2) is 4.98 Å². The number of anilines is 2. The minimum absolute atomic E-state index is 0.0173. The lowest BCUT2D eigenvalue weighted by molar-refractivity contribution is -0.118. The standard InChI is InChI=1S/C28H34N4O/c1-20(2)17-26(24-9-12-27(30-19-24)32-15-5-4-6-16-32)28(33)31-25-10-7-22(8-11-25)23-13-14-29-21(3)18-23/h7-14,18-20,26H,4-6,15-17H2,1-3H3,(H,31,33). The number of aryl methyl sites for hydroxylation is 1. The molecule has 3 heterocycles. The predicted molar refractivity (Wildman–Crippen MR) is 136 cm³/mol. The van der Waals surface area contributed by atoms with Crippen molar-refractivity contribution in [3.63, 3.8) is 0 Å². The predicted octanol–water partition coefficient (Wildman–Crippen LogP) is 6.21. The summed E-state index contributed by atoms with van der Waals surface area (Å²) in [6, 6.07) is 16.2. The zero-order valence-corrected chi connectivity index (χ0v) is 19.9. The summed E-state index contributed by atoms with van der Waals surface area (Å²) in [6.07, 6.45) is 8.25. The van der Waals surface area contributed by atoms with Crippen LogP contribution in [-0.4, -0.2) is 29.0 Å². The van der Waals surface area contributed by atoms with Crippen molar-refractivity contribution >= 4 is 17.4 Å². The topological polar surface area (TPSA) is 58.1 Å². The SMILES string of the molecule is Cc1cc(-c2ccc(NC(=O)C(CC(C)C)c3ccc(N4CCCCC4)nc3)cc2)ccn1. The molecule has 0 saturated carbocycles. The van der Waals surface area contributed by atoms with Crippen molar-refractivity contribution in [2.24, 2.45) is 5.92 Å². The molecular weight excluding hydrogens is 408 g/mol. The molecule has 5 heteroatoms. The maximum absolute atomic E-state index is 13.3. The van der Waals surface area contributed by atoms with Crippen molar-refractivity contribution in [2.75, 3.05) is 23.3 Å². The lowest BCUT2D eigenvalue weighted by atomic mass is 9.90. The fraction of sp³-hybridized carbons (Fsp3) is 0.393. The summed E-state index contributed by atoms with van der Waals surface area (Å²) < 4.78 is 0. The highest BCUT2D eigenvalue weighted by molar-refractivity contribution is 5.96. The molecule has 1 amide bonds. The van der Waals surface area contributed by atoms with Crippen LogP contribution in [0.2, 0.25) is 0 Å². The molecule has 1 aliphatic rings. The molecule has 1 saturated heterocycles. The molecule has 33 heavy (non-hydrogen) atoms. The van der Waals surface area contributed by atoms with E-state index >= 15 is 0 Å². The first-order valence-corrected chi connectivity index (χ1v) is 12.0. The van der Waals surface area contributed by atoms with Crippen molar-refractivity contribution in [2.45, 2.75) is 52.4 Å². The van der Waals surface area contributed by atoms with Gasteiger partial charge in [0.25, 0.3) is 0 Å². The van der Waals surface area contributed by atoms with Gasteiger partial charge in [-0.1, -0.05) is 32.0 Å². The number of benzene rings is 1. The molecule has 0 spiro atoms. The van der Waals surface area contributed by atoms with Gasteiger partial charge in [-0.3, -0.25) is 9.78 Å². The number of aromatic nitrogens is 2. The average molecular weight is 443 g/mol. The first-order chi connectivity index (χ1) is 16.0. The smallest absolute Gasteiger partial charge is 0.231 e. The van der Waals surface area contributed by atoms with Gasteiger partial charge >= 0.3 is 0 Å². The number of nitrogens with zero attached hydrogens (tertiary/aromatic N) is 3. The number of pyridine rings is 2. The molecule has 1 unspecified atom stereocenters. The highest BCUT2D eigenvalue weighted by atomic mass is 16.1. The number of amides is 1. The fourth-order valence-electron chi connectivity index (χ4n) is 4.48. The summed E-state index contributed by atoms with van der Waals surface area (Å²) in [4.78, 5) is 24.6. The number of nitrogens with one attached hydrogen (secondary N) is 1. The Balaban J connectivity index is 1.47. The van der Waals surface area contributed by atoms with E-state index in [0.29, 0.717) is 5.92 Å². The van der Waals surface area contributed by atoms with Crippen molar-refractivity contribution in [3.8, 4) is 11.1 Å². The van der Waals surface area contributed by atoms with Gasteiger partial charge in [0.2, 0.25) is 5.91 Å². The van der Waals surface area contributed by atoms with Crippen LogP contribution in [0, 0.1) is 12.8 Å². The Morgan fingerprint density at radius 1 is 0.970 bits per heavy atom. The van der Waals surface area contributed by atoms with E-state index in [-0.39, 0.29) is 11.8 Å². The van der Waals surface area contributed by atoms with Crippen LogP contribution < -0.4 is 10.2 Å². The molecule has 5 nitrogen and oxygen atoms in total. The van der Waals surface area contributed by atoms with E-state index in [0.717, 1.165) is 53.4 Å². The molecule has 1 fully saturated rings. The van der Waals surface area contributed by atoms with Crippen molar-refractivity contribution < 1.29 is 4.79 Å². The molecule has 172 valence electrons. The Bertz CT molecular complexity index is 1050. The Hall–Kier alpha value is -3.21. The zero-order chi connectivity index (χ0) is 23.2. The Kier molecular flexibility index (Phi) is 7.38. The summed E-state index contributed by atoms with van der Waals surface area (Å²) in [5, 5.41) is 3.12. The number of rotatable bonds is 7. The summed E-state index contributed by atoms with van der Waals surface area (Å²) in [5.41, 5.74) is 5.00. The monoisotopic (exact) mass is 442 g/mol. The molecule has 2 aromatic heterocycles. The highest BCUT2D eigenvalue weighted by Crippen LogP contribution is 2.28. The second kappa shape index (κ2) is 10.6. The minimum atomic E-state index is -0.226. The van der Waals surface area contributed by atoms with E-state index in [4.69, 9.17) is 4.98 Å². The van der Waals surface area contributed by atoms with E-state index < -0.39 is 0 Å². The summed E-state index contributed by atoms with van der Waals surface area (Å²) >= 11 is 0. The van der Waals surface area contributed by atoms with E-state index in [1.165, 1.54) is 19.3 Å². The number of hydrogen-bond acceptors (Lipinski definition) is 4. The van der Waals surface area contributed by atoms with E-state index in [1.54, 1.807) is 0 Å². The van der Waals surface area contributed by atoms with Gasteiger partial charge in [0.15, 0.2) is 0 Å². The maximum atomic E-state index is 13.3. The van der Waals surface area contributed by atoms with Crippen LogP contribution >= 0.6 is 0 Å². The summed E-state index contributed by atoms with van der Waals surface area (Å²) in [5.74, 6) is 1.21. The molecule has 0 bridgehead atoms. The molecule has 0 aliphatic carbocycles. The van der Waals surface area contributed by atoms with Gasteiger partial charge in [0, 0.05) is 36.9 Å². The third kappa shape index (κ3) is 5.98. The second-order valence-electron chi connectivity index (χ2n) is 9.43. The third-order valence-electron chi connectivity index (χ3n) is 6.26. The van der Waals surface area contributed by atoms with Crippen LogP contribution in [0.15, 0.2) is 60.9 Å². The number of carbonyl (C=O) groups is 1. The lowest BCUT2D eigenvalue weighted by Gasteiger charge is -2.28. The highest BCUT2D eigenvalue weighted by Gasteiger charge is 2.23. The third-order valence-corrected chi connectivity index (χ3v) is 6.26. The lowest BCUT2D eigenvalue weighted by Crippen LogP contribution is -2.30. The van der Waals surface area contributed by atoms with Crippen molar-refractivity contribution in [3.05, 3.63) is 72.2 Å². The van der Waals surface area contributed by atoms with Crippen LogP contribution in [0.25, 0.3) is 11.1 Å². The average Bonchev–Trinajstić information content (AvgIpc) is 2.83. The van der Waals surface area contributed by atoms with Crippen molar-refractivity contribution in [1.29, 1.82) is 0 Å². The van der Waals surface area contributed by atoms with Crippen LogP contribution in [0.5, 0.6) is 0 Å². The second-order valence-corrected chi connectivity index (χ2v) is 9.43. The minimum Gasteiger partial charge on any atom is -0.357 e. The molecule has 1 aromatic carbocycles. The van der Waals surface area contributed by atoms with Gasteiger partial charge in [0.05, 0.1) is 5.92 Å². The molecule has 1 N–H and O–H groups in total. The van der Waals surface area contributed by atoms with E-state index in [2.05, 4.69) is 47.2 Å². The Labute approximate surface area is 197 Å².